The van der Waals surface area contributed by atoms with E-state index in [1.807, 2.05) is 0 Å². The van der Waals surface area contributed by atoms with Gasteiger partial charge < -0.3 is 25.3 Å². The van der Waals surface area contributed by atoms with Crippen molar-refractivity contribution in [3.05, 3.63) is 64.2 Å². The first-order valence-electron chi connectivity index (χ1n) is 9.82. The fourth-order valence-electron chi connectivity index (χ4n) is 3.13. The lowest BCUT2D eigenvalue weighted by Gasteiger charge is -2.22. The minimum Gasteiger partial charge on any atom is -0.478 e. The highest BCUT2D eigenvalue weighted by Crippen LogP contribution is 2.13. The van der Waals surface area contributed by atoms with Crippen LogP contribution in [0.2, 0.25) is 0 Å². The molecule has 9 heteroatoms. The Kier molecular flexibility index (Phi) is 8.35. The summed E-state index contributed by atoms with van der Waals surface area (Å²) in [6.45, 7) is 4.90. The van der Waals surface area contributed by atoms with Gasteiger partial charge in [-0.3, -0.25) is 4.79 Å². The molecule has 0 bridgehead atoms. The van der Waals surface area contributed by atoms with Gasteiger partial charge in [0.05, 0.1) is 12.2 Å². The molecule has 2 aromatic rings. The standard InChI is InChI=1S/C22H26BNO7/c1-12(2)19(22(29)31-11-14-4-6-15(7-5-14)21(27)28)24-20(26)17-9-8-16(10-25)18(23-30)13(17)3/h4-9,12,19,23,25,30H,10-11H2,1-3H3,(H,24,26)(H,27,28)/t19-/m0/s1. The minimum atomic E-state index is -1.04. The fourth-order valence-corrected chi connectivity index (χ4v) is 3.13. The number of carboxylic acid groups (broad SMARTS) is 1. The normalized spacial score (nSPS) is 11.7. The first-order chi connectivity index (χ1) is 14.7. The SMILES string of the molecule is Cc1c(C(=O)N[C@H](C(=O)OCc2ccc(C(=O)O)cc2)C(C)C)ccc(CO)c1BO. The molecule has 0 saturated carbocycles. The van der Waals surface area contributed by atoms with Crippen LogP contribution in [0, 0.1) is 12.8 Å². The third-order valence-electron chi connectivity index (χ3n) is 5.06. The summed E-state index contributed by atoms with van der Waals surface area (Å²) >= 11 is 0. The largest absolute Gasteiger partial charge is 0.478 e. The number of rotatable bonds is 9. The van der Waals surface area contributed by atoms with Gasteiger partial charge in [0.2, 0.25) is 0 Å². The number of amides is 1. The van der Waals surface area contributed by atoms with Crippen LogP contribution >= 0.6 is 0 Å². The van der Waals surface area contributed by atoms with Crippen LogP contribution in [0.1, 0.15) is 51.3 Å². The molecule has 2 rings (SSSR count). The highest BCUT2D eigenvalue weighted by atomic mass is 16.5. The molecule has 0 heterocycles. The second kappa shape index (κ2) is 10.7. The number of hydrogen-bond donors (Lipinski definition) is 4. The molecule has 2 aromatic carbocycles. The number of carboxylic acids is 1. The van der Waals surface area contributed by atoms with Crippen molar-refractivity contribution in [2.75, 3.05) is 0 Å². The van der Waals surface area contributed by atoms with Crippen molar-refractivity contribution < 1.29 is 34.4 Å². The topological polar surface area (TPSA) is 133 Å². The van der Waals surface area contributed by atoms with Crippen molar-refractivity contribution in [3.8, 4) is 0 Å². The summed E-state index contributed by atoms with van der Waals surface area (Å²) in [4.78, 5) is 36.3. The van der Waals surface area contributed by atoms with Gasteiger partial charge in [-0.2, -0.15) is 0 Å². The van der Waals surface area contributed by atoms with Gasteiger partial charge in [-0.05, 0) is 53.2 Å². The second-order valence-electron chi connectivity index (χ2n) is 7.50. The number of carbonyl (C=O) groups is 3. The highest BCUT2D eigenvalue weighted by molar-refractivity contribution is 6.47. The summed E-state index contributed by atoms with van der Waals surface area (Å²) in [5, 5.41) is 30.6. The maximum Gasteiger partial charge on any atom is 0.335 e. The number of nitrogens with one attached hydrogen (secondary N) is 1. The smallest absolute Gasteiger partial charge is 0.335 e. The molecule has 0 saturated heterocycles. The number of ether oxygens (including phenoxy) is 1. The zero-order valence-corrected chi connectivity index (χ0v) is 17.7. The molecule has 0 radical (unpaired) electrons. The summed E-state index contributed by atoms with van der Waals surface area (Å²) in [5.74, 6) is -2.39. The van der Waals surface area contributed by atoms with E-state index < -0.39 is 23.9 Å². The third kappa shape index (κ3) is 5.93. The number of aromatic carboxylic acids is 1. The predicted molar refractivity (Wildman–Crippen MR) is 115 cm³/mol. The van der Waals surface area contributed by atoms with Gasteiger partial charge in [-0.1, -0.05) is 32.0 Å². The lowest BCUT2D eigenvalue weighted by molar-refractivity contribution is -0.148. The maximum atomic E-state index is 12.8. The summed E-state index contributed by atoms with van der Waals surface area (Å²) < 4.78 is 5.33. The molecule has 1 atom stereocenters. The number of aliphatic hydroxyl groups is 1. The molecule has 0 aliphatic heterocycles. The number of aliphatic hydroxyl groups excluding tert-OH is 1. The van der Waals surface area contributed by atoms with E-state index in [0.717, 1.165) is 0 Å². The van der Waals surface area contributed by atoms with Crippen LogP contribution in [-0.4, -0.2) is 46.6 Å². The van der Waals surface area contributed by atoms with Gasteiger partial charge in [0.25, 0.3) is 5.91 Å². The zero-order valence-electron chi connectivity index (χ0n) is 17.7. The first kappa shape index (κ1) is 24.1. The molecule has 1 amide bonds. The number of benzene rings is 2. The molecular weight excluding hydrogens is 401 g/mol. The highest BCUT2D eigenvalue weighted by Gasteiger charge is 2.27. The molecule has 8 nitrogen and oxygen atoms in total. The predicted octanol–water partition coefficient (Wildman–Crippen LogP) is 0.652. The number of carbonyl (C=O) groups excluding carboxylic acids is 2. The van der Waals surface area contributed by atoms with Gasteiger partial charge >= 0.3 is 19.4 Å². The van der Waals surface area contributed by atoms with Crippen LogP contribution in [0.15, 0.2) is 36.4 Å². The van der Waals surface area contributed by atoms with Crippen molar-refractivity contribution in [1.82, 2.24) is 5.32 Å². The molecule has 4 N–H and O–H groups in total. The Morgan fingerprint density at radius 2 is 1.74 bits per heavy atom. The minimum absolute atomic E-state index is 0.0588. The van der Waals surface area contributed by atoms with Crippen LogP contribution in [-0.2, 0) is 22.7 Å². The van der Waals surface area contributed by atoms with Crippen LogP contribution in [0.4, 0.5) is 0 Å². The summed E-state index contributed by atoms with van der Waals surface area (Å²) in [6, 6.07) is 8.17. The Morgan fingerprint density at radius 3 is 2.26 bits per heavy atom. The van der Waals surface area contributed by atoms with E-state index in [9.17, 15) is 24.5 Å². The molecule has 164 valence electrons. The van der Waals surface area contributed by atoms with Crippen molar-refractivity contribution in [1.29, 1.82) is 0 Å². The maximum absolute atomic E-state index is 12.8. The summed E-state index contributed by atoms with van der Waals surface area (Å²) in [7, 11) is -0.320. The Balaban J connectivity index is 2.10. The Labute approximate surface area is 181 Å². The average molecular weight is 427 g/mol. The first-order valence-corrected chi connectivity index (χ1v) is 9.82. The molecule has 31 heavy (non-hydrogen) atoms. The van der Waals surface area contributed by atoms with E-state index in [1.54, 1.807) is 45.0 Å². The van der Waals surface area contributed by atoms with E-state index in [2.05, 4.69) is 5.32 Å². The van der Waals surface area contributed by atoms with Crippen LogP contribution in [0.25, 0.3) is 0 Å². The van der Waals surface area contributed by atoms with E-state index in [1.165, 1.54) is 12.1 Å². The van der Waals surface area contributed by atoms with Gasteiger partial charge in [-0.15, -0.1) is 0 Å². The van der Waals surface area contributed by atoms with Crippen molar-refractivity contribution in [2.45, 2.75) is 40.0 Å². The summed E-state index contributed by atoms with van der Waals surface area (Å²) in [5.41, 5.74) is 2.58. The zero-order chi connectivity index (χ0) is 23.1. The van der Waals surface area contributed by atoms with Gasteiger partial charge in [0.1, 0.15) is 12.6 Å². The average Bonchev–Trinajstić information content (AvgIpc) is 2.75. The van der Waals surface area contributed by atoms with Crippen molar-refractivity contribution in [3.63, 3.8) is 0 Å². The number of hydrogen-bond acceptors (Lipinski definition) is 6. The lowest BCUT2D eigenvalue weighted by atomic mass is 9.79. The van der Waals surface area contributed by atoms with Crippen molar-refractivity contribution in [2.24, 2.45) is 5.92 Å². The Morgan fingerprint density at radius 1 is 1.10 bits per heavy atom. The molecule has 0 aliphatic rings. The fraction of sp³-hybridized carbons (Fsp3) is 0.318. The van der Waals surface area contributed by atoms with Crippen LogP contribution < -0.4 is 10.8 Å². The lowest BCUT2D eigenvalue weighted by Crippen LogP contribution is -2.45. The monoisotopic (exact) mass is 427 g/mol. The van der Waals surface area contributed by atoms with E-state index in [-0.39, 0.29) is 32.2 Å². The molecular formula is C22H26BNO7. The van der Waals surface area contributed by atoms with Gasteiger partial charge in [-0.25, -0.2) is 9.59 Å². The second-order valence-corrected chi connectivity index (χ2v) is 7.50. The molecule has 0 spiro atoms. The van der Waals surface area contributed by atoms with Crippen molar-refractivity contribution >= 4 is 30.8 Å². The van der Waals surface area contributed by atoms with Gasteiger partial charge in [0, 0.05) is 5.56 Å². The molecule has 0 unspecified atom stereocenters. The molecule has 0 aromatic heterocycles. The van der Waals surface area contributed by atoms with Crippen LogP contribution in [0.5, 0.6) is 0 Å². The van der Waals surface area contributed by atoms with Crippen LogP contribution in [0.3, 0.4) is 0 Å². The summed E-state index contributed by atoms with van der Waals surface area (Å²) in [6.07, 6.45) is 0. The quantitative estimate of drug-likeness (QED) is 0.341. The Hall–Kier alpha value is -3.17. The third-order valence-corrected chi connectivity index (χ3v) is 5.06. The van der Waals surface area contributed by atoms with Gasteiger partial charge in [0.15, 0.2) is 0 Å². The number of esters is 1. The Bertz CT molecular complexity index is 957. The van der Waals surface area contributed by atoms with E-state index >= 15 is 0 Å². The molecule has 0 aliphatic carbocycles. The molecule has 0 fully saturated rings. The van der Waals surface area contributed by atoms with E-state index in [4.69, 9.17) is 9.84 Å². The van der Waals surface area contributed by atoms with E-state index in [0.29, 0.717) is 27.7 Å².